The number of nitrogens with one attached hydrogen (secondary N) is 2. The number of aromatic nitrogens is 2. The second-order valence-electron chi connectivity index (χ2n) is 6.01. The third-order valence-corrected chi connectivity index (χ3v) is 4.46. The number of aryl methyl sites for hydroxylation is 1. The molecule has 0 radical (unpaired) electrons. The number of benzene rings is 1. The lowest BCUT2D eigenvalue weighted by atomic mass is 10.1. The molecule has 0 unspecified atom stereocenters. The van der Waals surface area contributed by atoms with Gasteiger partial charge < -0.3 is 20.3 Å². The van der Waals surface area contributed by atoms with Gasteiger partial charge in [-0.2, -0.15) is 13.2 Å². The lowest BCUT2D eigenvalue weighted by Gasteiger charge is -2.05. The van der Waals surface area contributed by atoms with Crippen molar-refractivity contribution in [2.24, 2.45) is 0 Å². The zero-order valence-corrected chi connectivity index (χ0v) is 17.3. The van der Waals surface area contributed by atoms with Crippen LogP contribution < -0.4 is 10.6 Å². The van der Waals surface area contributed by atoms with Gasteiger partial charge in [0, 0.05) is 29.6 Å². The number of rotatable bonds is 6. The molecule has 3 N–H and O–H groups in total. The van der Waals surface area contributed by atoms with E-state index < -0.39 is 12.1 Å². The van der Waals surface area contributed by atoms with E-state index in [9.17, 15) is 22.8 Å². The summed E-state index contributed by atoms with van der Waals surface area (Å²) in [4.78, 5) is 37.7. The standard InChI is InChI=1S/C17H16N4O3S.C2HF3O2/c1-11-15(20-10-25-11)17(23)19-8-7-18-16(22)13-9-14(24-21-13)12-5-3-2-4-6-12;3-2(4,5)1(6)7/h2-6,9-10H,7-8H2,1H3,(H,18,22)(H,19,23);(H,6,7). The summed E-state index contributed by atoms with van der Waals surface area (Å²) < 4.78 is 36.9. The van der Waals surface area contributed by atoms with Crippen LogP contribution in [0.2, 0.25) is 0 Å². The lowest BCUT2D eigenvalue weighted by molar-refractivity contribution is -0.192. The van der Waals surface area contributed by atoms with Crippen LogP contribution in [0.4, 0.5) is 13.2 Å². The van der Waals surface area contributed by atoms with Crippen LogP contribution in [0.25, 0.3) is 11.3 Å². The predicted octanol–water partition coefficient (Wildman–Crippen LogP) is 2.90. The monoisotopic (exact) mass is 470 g/mol. The number of aliphatic carboxylic acids is 1. The Hall–Kier alpha value is -3.74. The molecule has 32 heavy (non-hydrogen) atoms. The molecule has 0 aliphatic rings. The number of thiazole rings is 1. The molecule has 0 atom stereocenters. The van der Waals surface area contributed by atoms with E-state index in [0.717, 1.165) is 10.4 Å². The fourth-order valence-corrected chi connectivity index (χ4v) is 2.74. The maximum absolute atomic E-state index is 12.1. The first kappa shape index (κ1) is 24.5. The lowest BCUT2D eigenvalue weighted by Crippen LogP contribution is -2.35. The minimum absolute atomic E-state index is 0.195. The number of carbonyl (C=O) groups is 3. The van der Waals surface area contributed by atoms with Crippen molar-refractivity contribution in [2.45, 2.75) is 13.1 Å². The normalized spacial score (nSPS) is 10.6. The smallest absolute Gasteiger partial charge is 0.475 e. The third-order valence-electron chi connectivity index (χ3n) is 3.70. The zero-order valence-electron chi connectivity index (χ0n) is 16.5. The van der Waals surface area contributed by atoms with E-state index in [2.05, 4.69) is 20.8 Å². The molecule has 170 valence electrons. The molecule has 0 fully saturated rings. The largest absolute Gasteiger partial charge is 0.490 e. The number of carboxylic acid groups (broad SMARTS) is 1. The molecular weight excluding hydrogens is 453 g/mol. The number of halogens is 3. The van der Waals surface area contributed by atoms with Crippen LogP contribution in [0.1, 0.15) is 25.9 Å². The maximum atomic E-state index is 12.1. The maximum Gasteiger partial charge on any atom is 0.490 e. The molecule has 3 rings (SSSR count). The van der Waals surface area contributed by atoms with E-state index in [1.165, 1.54) is 11.3 Å². The molecule has 0 saturated heterocycles. The quantitative estimate of drug-likeness (QED) is 0.472. The molecule has 0 bridgehead atoms. The first-order valence-corrected chi connectivity index (χ1v) is 9.76. The van der Waals surface area contributed by atoms with Gasteiger partial charge in [-0.25, -0.2) is 9.78 Å². The summed E-state index contributed by atoms with van der Waals surface area (Å²) in [6.45, 7) is 2.41. The SMILES string of the molecule is Cc1scnc1C(=O)NCCNC(=O)c1cc(-c2ccccc2)on1.O=C(O)C(F)(F)F. The van der Waals surface area contributed by atoms with Crippen molar-refractivity contribution in [2.75, 3.05) is 13.1 Å². The van der Waals surface area contributed by atoms with E-state index in [1.54, 1.807) is 11.6 Å². The molecule has 2 heterocycles. The molecule has 0 aliphatic heterocycles. The topological polar surface area (TPSA) is 134 Å². The van der Waals surface area contributed by atoms with Crippen LogP contribution in [-0.4, -0.2) is 52.3 Å². The van der Waals surface area contributed by atoms with E-state index >= 15 is 0 Å². The van der Waals surface area contributed by atoms with E-state index in [4.69, 9.17) is 14.4 Å². The van der Waals surface area contributed by atoms with Crippen molar-refractivity contribution in [1.82, 2.24) is 20.8 Å². The average Bonchev–Trinajstić information content (AvgIpc) is 3.41. The van der Waals surface area contributed by atoms with Gasteiger partial charge >= 0.3 is 12.1 Å². The molecule has 0 aliphatic carbocycles. The number of amides is 2. The Bertz CT molecular complexity index is 1070. The highest BCUT2D eigenvalue weighted by atomic mass is 32.1. The molecule has 0 saturated carbocycles. The van der Waals surface area contributed by atoms with E-state index in [1.807, 2.05) is 37.3 Å². The molecule has 2 aromatic heterocycles. The van der Waals surface area contributed by atoms with Crippen LogP contribution in [0.3, 0.4) is 0 Å². The van der Waals surface area contributed by atoms with Gasteiger partial charge in [0.05, 0.1) is 5.51 Å². The Kier molecular flexibility index (Phi) is 8.46. The van der Waals surface area contributed by atoms with Crippen molar-refractivity contribution in [3.8, 4) is 11.3 Å². The number of carboxylic acids is 1. The van der Waals surface area contributed by atoms with Gasteiger partial charge in [0.25, 0.3) is 11.8 Å². The van der Waals surface area contributed by atoms with Gasteiger partial charge in [0.2, 0.25) is 0 Å². The van der Waals surface area contributed by atoms with Crippen LogP contribution in [-0.2, 0) is 4.79 Å². The summed E-state index contributed by atoms with van der Waals surface area (Å²) in [6, 6.07) is 11.0. The first-order chi connectivity index (χ1) is 15.1. The van der Waals surface area contributed by atoms with E-state index in [-0.39, 0.29) is 24.1 Å². The predicted molar refractivity (Wildman–Crippen MR) is 107 cm³/mol. The Morgan fingerprint density at radius 1 is 1.09 bits per heavy atom. The van der Waals surface area contributed by atoms with Crippen molar-refractivity contribution >= 4 is 29.1 Å². The van der Waals surface area contributed by atoms with Gasteiger partial charge in [-0.15, -0.1) is 11.3 Å². The summed E-state index contributed by atoms with van der Waals surface area (Å²) in [7, 11) is 0. The Morgan fingerprint density at radius 3 is 2.22 bits per heavy atom. The molecular formula is C19H17F3N4O5S. The number of carbonyl (C=O) groups excluding carboxylic acids is 2. The minimum Gasteiger partial charge on any atom is -0.475 e. The van der Waals surface area contributed by atoms with Crippen molar-refractivity contribution in [3.63, 3.8) is 0 Å². The fourth-order valence-electron chi connectivity index (χ4n) is 2.17. The van der Waals surface area contributed by atoms with Gasteiger partial charge in [-0.05, 0) is 6.92 Å². The van der Waals surface area contributed by atoms with Crippen LogP contribution in [0, 0.1) is 6.92 Å². The molecule has 13 heteroatoms. The average molecular weight is 470 g/mol. The summed E-state index contributed by atoms with van der Waals surface area (Å²) in [5.74, 6) is -2.84. The number of hydrogen-bond acceptors (Lipinski definition) is 7. The molecule has 0 spiro atoms. The van der Waals surface area contributed by atoms with Crippen molar-refractivity contribution in [3.05, 3.63) is 58.2 Å². The fraction of sp³-hybridized carbons (Fsp3) is 0.211. The highest BCUT2D eigenvalue weighted by molar-refractivity contribution is 7.09. The molecule has 9 nitrogen and oxygen atoms in total. The molecule has 2 amide bonds. The van der Waals surface area contributed by atoms with Gasteiger partial charge in [-0.3, -0.25) is 9.59 Å². The summed E-state index contributed by atoms with van der Waals surface area (Å²) >= 11 is 1.41. The van der Waals surface area contributed by atoms with Gasteiger partial charge in [-0.1, -0.05) is 35.5 Å². The Morgan fingerprint density at radius 2 is 1.69 bits per heavy atom. The third kappa shape index (κ3) is 7.19. The second-order valence-corrected chi connectivity index (χ2v) is 7.07. The van der Waals surface area contributed by atoms with Crippen LogP contribution >= 0.6 is 11.3 Å². The van der Waals surface area contributed by atoms with Crippen LogP contribution in [0.15, 0.2) is 46.4 Å². The van der Waals surface area contributed by atoms with E-state index in [0.29, 0.717) is 18.0 Å². The summed E-state index contributed by atoms with van der Waals surface area (Å²) in [5, 5.41) is 16.3. The molecule has 3 aromatic rings. The zero-order chi connectivity index (χ0) is 23.7. The Balaban J connectivity index is 0.000000451. The minimum atomic E-state index is -5.08. The number of nitrogens with zero attached hydrogens (tertiary/aromatic N) is 2. The highest BCUT2D eigenvalue weighted by Crippen LogP contribution is 2.19. The van der Waals surface area contributed by atoms with Gasteiger partial charge in [0.1, 0.15) is 5.69 Å². The molecule has 1 aromatic carbocycles. The van der Waals surface area contributed by atoms with Gasteiger partial charge in [0.15, 0.2) is 11.5 Å². The summed E-state index contributed by atoms with van der Waals surface area (Å²) in [5.41, 5.74) is 3.08. The summed E-state index contributed by atoms with van der Waals surface area (Å²) in [6.07, 6.45) is -5.08. The highest BCUT2D eigenvalue weighted by Gasteiger charge is 2.38. The van der Waals surface area contributed by atoms with Crippen molar-refractivity contribution in [1.29, 1.82) is 0 Å². The second kappa shape index (κ2) is 11.0. The first-order valence-electron chi connectivity index (χ1n) is 8.88. The number of hydrogen-bond donors (Lipinski definition) is 3. The Labute approximate surface area is 183 Å². The number of alkyl halides is 3. The van der Waals surface area contributed by atoms with Crippen molar-refractivity contribution < 1.29 is 37.2 Å². The van der Waals surface area contributed by atoms with Crippen LogP contribution in [0.5, 0.6) is 0 Å².